The second-order valence-electron chi connectivity index (χ2n) is 7.54. The van der Waals surface area contributed by atoms with Gasteiger partial charge in [-0.15, -0.1) is 0 Å². The van der Waals surface area contributed by atoms with Crippen molar-refractivity contribution < 1.29 is 19.1 Å². The Morgan fingerprint density at radius 1 is 0.929 bits per heavy atom. The number of hydrogen-bond donors (Lipinski definition) is 1. The van der Waals surface area contributed by atoms with Gasteiger partial charge in [0.2, 0.25) is 0 Å². The third-order valence-electron chi connectivity index (χ3n) is 4.30. The molecule has 0 aliphatic heterocycles. The average molecular weight is 388 g/mol. The van der Waals surface area contributed by atoms with Crippen molar-refractivity contribution in [1.82, 2.24) is 0 Å². The molecule has 0 spiro atoms. The van der Waals surface area contributed by atoms with Crippen LogP contribution in [0.15, 0.2) is 42.5 Å². The molecule has 1 aromatic carbocycles. The van der Waals surface area contributed by atoms with Gasteiger partial charge in [0.15, 0.2) is 0 Å². The Morgan fingerprint density at radius 3 is 1.93 bits per heavy atom. The largest absolute Gasteiger partial charge is 0.459 e. The maximum absolute atomic E-state index is 11.8. The number of carbonyl (C=O) groups is 2. The van der Waals surface area contributed by atoms with Gasteiger partial charge in [-0.3, -0.25) is 5.32 Å². The molecular weight excluding hydrogens is 354 g/mol. The fraction of sp³-hybridized carbons (Fsp3) is 0.478. The SMILES string of the molecule is C=CC(=O)OCCOC(=O)Nc1ccc(C(=C(C(C)C)C(C)C)C(C)C)cc1. The minimum absolute atomic E-state index is 0.00701. The molecule has 0 aromatic heterocycles. The molecule has 1 rings (SSSR count). The topological polar surface area (TPSA) is 64.6 Å². The second-order valence-corrected chi connectivity index (χ2v) is 7.54. The molecule has 0 saturated carbocycles. The summed E-state index contributed by atoms with van der Waals surface area (Å²) >= 11 is 0. The van der Waals surface area contributed by atoms with Crippen molar-refractivity contribution in [3.8, 4) is 0 Å². The maximum atomic E-state index is 11.8. The van der Waals surface area contributed by atoms with Crippen LogP contribution in [-0.2, 0) is 14.3 Å². The Kier molecular flexibility index (Phi) is 9.49. The first-order valence-corrected chi connectivity index (χ1v) is 9.74. The zero-order valence-electron chi connectivity index (χ0n) is 17.9. The Morgan fingerprint density at radius 2 is 1.46 bits per heavy atom. The molecule has 0 unspecified atom stereocenters. The van der Waals surface area contributed by atoms with Crippen LogP contribution in [0.3, 0.4) is 0 Å². The first kappa shape index (κ1) is 23.5. The summed E-state index contributed by atoms with van der Waals surface area (Å²) in [6.07, 6.45) is 0.470. The summed E-state index contributed by atoms with van der Waals surface area (Å²) in [6, 6.07) is 7.80. The van der Waals surface area contributed by atoms with Crippen LogP contribution >= 0.6 is 0 Å². The number of benzene rings is 1. The lowest BCUT2D eigenvalue weighted by Crippen LogP contribution is -2.17. The minimum atomic E-state index is -0.591. The van der Waals surface area contributed by atoms with Gasteiger partial charge in [0.1, 0.15) is 13.2 Å². The van der Waals surface area contributed by atoms with Crippen molar-refractivity contribution in [3.05, 3.63) is 48.1 Å². The number of carbonyl (C=O) groups excluding carboxylic acids is 2. The molecule has 0 heterocycles. The number of nitrogens with one attached hydrogen (secondary N) is 1. The Balaban J connectivity index is 2.81. The Bertz CT molecular complexity index is 690. The number of allylic oxidation sites excluding steroid dienone is 2. The first-order valence-electron chi connectivity index (χ1n) is 9.74. The number of esters is 1. The van der Waals surface area contributed by atoms with E-state index in [1.807, 2.05) is 24.3 Å². The number of hydrogen-bond acceptors (Lipinski definition) is 4. The van der Waals surface area contributed by atoms with E-state index in [0.29, 0.717) is 23.4 Å². The molecular formula is C23H33NO4. The lowest BCUT2D eigenvalue weighted by molar-refractivity contribution is -0.138. The molecule has 5 nitrogen and oxygen atoms in total. The fourth-order valence-corrected chi connectivity index (χ4v) is 3.34. The zero-order valence-corrected chi connectivity index (χ0v) is 17.9. The van der Waals surface area contributed by atoms with Gasteiger partial charge in [-0.2, -0.15) is 0 Å². The highest BCUT2D eigenvalue weighted by molar-refractivity contribution is 5.85. The fourth-order valence-electron chi connectivity index (χ4n) is 3.34. The zero-order chi connectivity index (χ0) is 21.3. The van der Waals surface area contributed by atoms with Gasteiger partial charge in [-0.05, 0) is 41.0 Å². The van der Waals surface area contributed by atoms with Gasteiger partial charge in [0.25, 0.3) is 0 Å². The summed E-state index contributed by atoms with van der Waals surface area (Å²) in [5.41, 5.74) is 4.64. The number of amides is 1. The van der Waals surface area contributed by atoms with Crippen LogP contribution in [0.1, 0.15) is 47.1 Å². The van der Waals surface area contributed by atoms with Crippen LogP contribution < -0.4 is 5.32 Å². The molecule has 0 aliphatic rings. The van der Waals surface area contributed by atoms with Crippen LogP contribution in [-0.4, -0.2) is 25.3 Å². The molecule has 0 radical (unpaired) electrons. The van der Waals surface area contributed by atoms with E-state index in [4.69, 9.17) is 9.47 Å². The Labute approximate surface area is 168 Å². The third kappa shape index (κ3) is 7.22. The van der Waals surface area contributed by atoms with E-state index in [0.717, 1.165) is 6.08 Å². The average Bonchev–Trinajstić information content (AvgIpc) is 2.62. The van der Waals surface area contributed by atoms with Crippen LogP contribution in [0.2, 0.25) is 0 Å². The highest BCUT2D eigenvalue weighted by Gasteiger charge is 2.18. The monoisotopic (exact) mass is 387 g/mol. The number of ether oxygens (including phenoxy) is 2. The molecule has 0 fully saturated rings. The highest BCUT2D eigenvalue weighted by Crippen LogP contribution is 2.35. The first-order chi connectivity index (χ1) is 13.2. The van der Waals surface area contributed by atoms with Gasteiger partial charge in [0.05, 0.1) is 0 Å². The number of rotatable bonds is 9. The van der Waals surface area contributed by atoms with E-state index >= 15 is 0 Å². The van der Waals surface area contributed by atoms with Crippen molar-refractivity contribution in [1.29, 1.82) is 0 Å². The maximum Gasteiger partial charge on any atom is 0.411 e. The van der Waals surface area contributed by atoms with Crippen molar-refractivity contribution >= 4 is 23.3 Å². The summed E-state index contributed by atoms with van der Waals surface area (Å²) in [7, 11) is 0. The summed E-state index contributed by atoms with van der Waals surface area (Å²) in [6.45, 7) is 16.6. The molecule has 0 saturated heterocycles. The standard InChI is InChI=1S/C23H33NO4/c1-8-20(25)27-13-14-28-23(26)24-19-11-9-18(10-12-19)22(17(6)7)21(15(2)3)16(4)5/h8-12,15-17H,1,13-14H2,2-7H3,(H,24,26). The van der Waals surface area contributed by atoms with Crippen LogP contribution in [0.25, 0.3) is 5.57 Å². The second kappa shape index (κ2) is 11.3. The third-order valence-corrected chi connectivity index (χ3v) is 4.30. The summed E-state index contributed by atoms with van der Waals surface area (Å²) in [4.78, 5) is 22.8. The van der Waals surface area contributed by atoms with Crippen LogP contribution in [0, 0.1) is 17.8 Å². The predicted octanol–water partition coefficient (Wildman–Crippen LogP) is 5.69. The molecule has 0 bridgehead atoms. The van der Waals surface area contributed by atoms with Gasteiger partial charge in [0, 0.05) is 11.8 Å². The van der Waals surface area contributed by atoms with Gasteiger partial charge >= 0.3 is 12.1 Å². The van der Waals surface area contributed by atoms with E-state index in [1.165, 1.54) is 16.7 Å². The lowest BCUT2D eigenvalue weighted by Gasteiger charge is -2.25. The van der Waals surface area contributed by atoms with Crippen molar-refractivity contribution in [2.45, 2.75) is 41.5 Å². The van der Waals surface area contributed by atoms with Crippen LogP contribution in [0.4, 0.5) is 10.5 Å². The highest BCUT2D eigenvalue weighted by atomic mass is 16.6. The van der Waals surface area contributed by atoms with E-state index in [9.17, 15) is 9.59 Å². The smallest absolute Gasteiger partial charge is 0.411 e. The molecule has 154 valence electrons. The molecule has 0 atom stereocenters. The quantitative estimate of drug-likeness (QED) is 0.336. The van der Waals surface area contributed by atoms with Gasteiger partial charge < -0.3 is 9.47 Å². The van der Waals surface area contributed by atoms with E-state index < -0.39 is 12.1 Å². The van der Waals surface area contributed by atoms with Crippen molar-refractivity contribution in [2.75, 3.05) is 18.5 Å². The minimum Gasteiger partial charge on any atom is -0.459 e. The molecule has 1 aromatic rings. The van der Waals surface area contributed by atoms with Gasteiger partial charge in [-0.1, -0.05) is 65.8 Å². The number of anilines is 1. The normalized spacial score (nSPS) is 10.8. The summed E-state index contributed by atoms with van der Waals surface area (Å²) < 4.78 is 9.74. The molecule has 28 heavy (non-hydrogen) atoms. The Hall–Kier alpha value is -2.56. The molecule has 1 N–H and O–H groups in total. The van der Waals surface area contributed by atoms with Gasteiger partial charge in [-0.25, -0.2) is 9.59 Å². The predicted molar refractivity (Wildman–Crippen MR) is 114 cm³/mol. The summed E-state index contributed by atoms with van der Waals surface area (Å²) in [5.74, 6) is 0.804. The van der Waals surface area contributed by atoms with E-state index in [-0.39, 0.29) is 13.2 Å². The van der Waals surface area contributed by atoms with Crippen molar-refractivity contribution in [2.24, 2.45) is 17.8 Å². The summed E-state index contributed by atoms with van der Waals surface area (Å²) in [5, 5.41) is 2.68. The molecule has 1 amide bonds. The van der Waals surface area contributed by atoms with E-state index in [1.54, 1.807) is 0 Å². The molecule has 5 heteroatoms. The lowest BCUT2D eigenvalue weighted by atomic mass is 9.81. The van der Waals surface area contributed by atoms with Crippen molar-refractivity contribution in [3.63, 3.8) is 0 Å². The molecule has 0 aliphatic carbocycles. The van der Waals surface area contributed by atoms with E-state index in [2.05, 4.69) is 53.4 Å². The van der Waals surface area contributed by atoms with Crippen LogP contribution in [0.5, 0.6) is 0 Å².